The Morgan fingerprint density at radius 3 is 2.71 bits per heavy atom. The monoisotopic (exact) mass is 259 g/mol. The fourth-order valence-electron chi connectivity index (χ4n) is 1.48. The highest BCUT2D eigenvalue weighted by molar-refractivity contribution is 6.31. The molecule has 0 aliphatic heterocycles. The van der Waals surface area contributed by atoms with Crippen molar-refractivity contribution in [2.24, 2.45) is 0 Å². The van der Waals surface area contributed by atoms with Crippen LogP contribution in [0.3, 0.4) is 0 Å². The zero-order valence-electron chi connectivity index (χ0n) is 10.4. The summed E-state index contributed by atoms with van der Waals surface area (Å²) in [7, 11) is 4.05. The molecule has 96 valence electrons. The Morgan fingerprint density at radius 1 is 1.47 bits per heavy atom. The van der Waals surface area contributed by atoms with Gasteiger partial charge in [-0.05, 0) is 40.1 Å². The predicted octanol–water partition coefficient (Wildman–Crippen LogP) is 2.81. The lowest BCUT2D eigenvalue weighted by molar-refractivity contribution is 0.390. The number of benzene rings is 1. The molecule has 1 unspecified atom stereocenters. The van der Waals surface area contributed by atoms with Crippen LogP contribution in [0.4, 0.5) is 15.8 Å². The summed E-state index contributed by atoms with van der Waals surface area (Å²) < 4.78 is 13.1. The van der Waals surface area contributed by atoms with Crippen LogP contribution in [0.5, 0.6) is 0 Å². The van der Waals surface area contributed by atoms with Crippen molar-refractivity contribution in [2.45, 2.75) is 19.4 Å². The van der Waals surface area contributed by atoms with E-state index in [1.165, 1.54) is 12.1 Å². The molecule has 0 heterocycles. The zero-order valence-corrected chi connectivity index (χ0v) is 11.2. The third-order valence-electron chi connectivity index (χ3n) is 2.50. The van der Waals surface area contributed by atoms with E-state index in [9.17, 15) is 4.39 Å². The first-order valence-corrected chi connectivity index (χ1v) is 5.93. The molecule has 1 aromatic carbocycles. The van der Waals surface area contributed by atoms with Gasteiger partial charge in [-0.3, -0.25) is 0 Å². The summed E-state index contributed by atoms with van der Waals surface area (Å²) in [6.45, 7) is 3.03. The maximum absolute atomic E-state index is 13.1. The minimum absolute atomic E-state index is 0.0847. The molecule has 0 fully saturated rings. The van der Waals surface area contributed by atoms with Gasteiger partial charge in [-0.2, -0.15) is 0 Å². The summed E-state index contributed by atoms with van der Waals surface area (Å²) in [5, 5.41) is 3.32. The molecule has 0 bridgehead atoms. The first-order valence-electron chi connectivity index (χ1n) is 5.56. The first kappa shape index (κ1) is 14.1. The lowest BCUT2D eigenvalue weighted by Gasteiger charge is -2.19. The normalized spacial score (nSPS) is 12.8. The highest BCUT2D eigenvalue weighted by Crippen LogP contribution is 2.26. The Hall–Kier alpha value is -1.00. The van der Waals surface area contributed by atoms with Crippen LogP contribution in [0.1, 0.15) is 13.3 Å². The summed E-state index contributed by atoms with van der Waals surface area (Å²) in [6, 6.07) is 3.02. The Labute approximate surface area is 107 Å². The lowest BCUT2D eigenvalue weighted by atomic mass is 10.2. The minimum Gasteiger partial charge on any atom is -0.397 e. The maximum atomic E-state index is 13.1. The molecule has 3 nitrogen and oxygen atoms in total. The molecule has 0 aliphatic rings. The van der Waals surface area contributed by atoms with Crippen LogP contribution in [0, 0.1) is 5.82 Å². The van der Waals surface area contributed by atoms with Crippen LogP contribution in [0.2, 0.25) is 5.02 Å². The number of nitrogens with two attached hydrogens (primary N) is 1. The smallest absolute Gasteiger partial charge is 0.143 e. The molecular weight excluding hydrogens is 241 g/mol. The van der Waals surface area contributed by atoms with Gasteiger partial charge in [0, 0.05) is 12.1 Å². The van der Waals surface area contributed by atoms with Crippen LogP contribution in [0.25, 0.3) is 0 Å². The van der Waals surface area contributed by atoms with Gasteiger partial charge in [-0.15, -0.1) is 0 Å². The highest BCUT2D eigenvalue weighted by atomic mass is 35.5. The zero-order chi connectivity index (χ0) is 13.0. The van der Waals surface area contributed by atoms with Crippen LogP contribution >= 0.6 is 11.6 Å². The molecule has 0 aromatic heterocycles. The van der Waals surface area contributed by atoms with Gasteiger partial charge in [0.25, 0.3) is 0 Å². The van der Waals surface area contributed by atoms with Crippen molar-refractivity contribution < 1.29 is 4.39 Å². The molecule has 0 saturated heterocycles. The number of hydrogen-bond donors (Lipinski definition) is 2. The number of nitrogens with one attached hydrogen (secondary N) is 1. The molecule has 1 rings (SSSR count). The van der Waals surface area contributed by atoms with Gasteiger partial charge in [-0.25, -0.2) is 4.39 Å². The van der Waals surface area contributed by atoms with Crippen molar-refractivity contribution in [3.63, 3.8) is 0 Å². The van der Waals surface area contributed by atoms with E-state index < -0.39 is 5.82 Å². The van der Waals surface area contributed by atoms with E-state index in [0.717, 1.165) is 13.0 Å². The van der Waals surface area contributed by atoms with Crippen molar-refractivity contribution in [3.05, 3.63) is 23.0 Å². The largest absolute Gasteiger partial charge is 0.397 e. The molecule has 0 spiro atoms. The Morgan fingerprint density at radius 2 is 2.12 bits per heavy atom. The van der Waals surface area contributed by atoms with E-state index in [0.29, 0.717) is 11.4 Å². The second-order valence-corrected chi connectivity index (χ2v) is 4.90. The first-order chi connectivity index (χ1) is 7.90. The summed E-state index contributed by atoms with van der Waals surface area (Å²) in [5.41, 5.74) is 6.78. The maximum Gasteiger partial charge on any atom is 0.143 e. The van der Waals surface area contributed by atoms with E-state index >= 15 is 0 Å². The standard InChI is InChI=1S/C12H19ClFN3/c1-8(4-5-17(2)3)16-12-6-9(13)10(14)7-11(12)15/h6-8,16H,4-5,15H2,1-3H3. The summed E-state index contributed by atoms with van der Waals surface area (Å²) in [5.74, 6) is -0.490. The van der Waals surface area contributed by atoms with Crippen molar-refractivity contribution in [1.82, 2.24) is 4.90 Å². The number of nitrogens with zero attached hydrogens (tertiary/aromatic N) is 1. The molecule has 3 N–H and O–H groups in total. The molecule has 5 heteroatoms. The fourth-order valence-corrected chi connectivity index (χ4v) is 1.64. The predicted molar refractivity (Wildman–Crippen MR) is 72.1 cm³/mol. The van der Waals surface area contributed by atoms with E-state index in [1.54, 1.807) is 0 Å². The fraction of sp³-hybridized carbons (Fsp3) is 0.500. The third-order valence-corrected chi connectivity index (χ3v) is 2.79. The molecule has 17 heavy (non-hydrogen) atoms. The van der Waals surface area contributed by atoms with Crippen LogP contribution in [0.15, 0.2) is 12.1 Å². The molecule has 1 aromatic rings. The summed E-state index contributed by atoms with van der Waals surface area (Å²) in [6.07, 6.45) is 0.974. The van der Waals surface area contributed by atoms with Crippen LogP contribution < -0.4 is 11.1 Å². The van der Waals surface area contributed by atoms with Crippen molar-refractivity contribution in [2.75, 3.05) is 31.7 Å². The molecule has 0 amide bonds. The van der Waals surface area contributed by atoms with E-state index in [2.05, 4.69) is 17.1 Å². The van der Waals surface area contributed by atoms with Gasteiger partial charge < -0.3 is 16.0 Å². The third kappa shape index (κ3) is 4.40. The molecule has 0 radical (unpaired) electrons. The second-order valence-electron chi connectivity index (χ2n) is 4.49. The topological polar surface area (TPSA) is 41.3 Å². The Kier molecular flexibility index (Phi) is 5.02. The Bertz CT molecular complexity index is 382. The van der Waals surface area contributed by atoms with Gasteiger partial charge in [0.05, 0.1) is 16.4 Å². The van der Waals surface area contributed by atoms with Gasteiger partial charge >= 0.3 is 0 Å². The highest BCUT2D eigenvalue weighted by Gasteiger charge is 2.09. The molecular formula is C12H19ClFN3. The minimum atomic E-state index is -0.490. The quantitative estimate of drug-likeness (QED) is 0.799. The van der Waals surface area contributed by atoms with Gasteiger partial charge in [-0.1, -0.05) is 11.6 Å². The number of halogens is 2. The van der Waals surface area contributed by atoms with Crippen LogP contribution in [-0.2, 0) is 0 Å². The number of hydrogen-bond acceptors (Lipinski definition) is 3. The SMILES string of the molecule is CC(CCN(C)C)Nc1cc(Cl)c(F)cc1N. The summed E-state index contributed by atoms with van der Waals surface area (Å²) >= 11 is 5.72. The lowest BCUT2D eigenvalue weighted by Crippen LogP contribution is -2.23. The van der Waals surface area contributed by atoms with Gasteiger partial charge in [0.15, 0.2) is 0 Å². The van der Waals surface area contributed by atoms with Gasteiger partial charge in [0.1, 0.15) is 5.82 Å². The van der Waals surface area contributed by atoms with Crippen LogP contribution in [-0.4, -0.2) is 31.6 Å². The van der Waals surface area contributed by atoms with Crippen molar-refractivity contribution >= 4 is 23.0 Å². The number of nitrogen functional groups attached to an aromatic ring is 1. The Balaban J connectivity index is 2.65. The van der Waals surface area contributed by atoms with Crippen molar-refractivity contribution in [3.8, 4) is 0 Å². The second kappa shape index (κ2) is 6.07. The molecule has 0 aliphatic carbocycles. The number of anilines is 2. The molecule has 1 atom stereocenters. The number of rotatable bonds is 5. The average molecular weight is 260 g/mol. The van der Waals surface area contributed by atoms with E-state index in [1.807, 2.05) is 14.1 Å². The summed E-state index contributed by atoms with van der Waals surface area (Å²) in [4.78, 5) is 2.11. The van der Waals surface area contributed by atoms with Crippen molar-refractivity contribution in [1.29, 1.82) is 0 Å². The van der Waals surface area contributed by atoms with E-state index in [4.69, 9.17) is 17.3 Å². The van der Waals surface area contributed by atoms with E-state index in [-0.39, 0.29) is 11.1 Å². The van der Waals surface area contributed by atoms with Gasteiger partial charge in [0.2, 0.25) is 0 Å². The average Bonchev–Trinajstić information content (AvgIpc) is 2.23. The molecule has 0 saturated carbocycles.